The van der Waals surface area contributed by atoms with Crippen LogP contribution in [-0.2, 0) is 22.4 Å². The Morgan fingerprint density at radius 1 is 0.958 bits per heavy atom. The quantitative estimate of drug-likeness (QED) is 0.229. The maximum absolute atomic E-state index is 14.2. The summed E-state index contributed by atoms with van der Waals surface area (Å²) in [6, 6.07) is 11.4. The SMILES string of the molecule is Cc1nonc1C(=O)N[C@H](C(=O)Nc1ccc2c(c1)CC(C(=O)Nc1ccc(Cl)cc1)(N1C[C@@H](C(C)C)NC1=O)C2)C(C1CC1)C1CC1. The fourth-order valence-electron chi connectivity index (χ4n) is 7.39. The van der Waals surface area contributed by atoms with E-state index in [0.717, 1.165) is 36.8 Å². The van der Waals surface area contributed by atoms with Gasteiger partial charge in [-0.05, 0) is 109 Å². The van der Waals surface area contributed by atoms with Crippen molar-refractivity contribution in [1.82, 2.24) is 25.8 Å². The molecule has 12 nitrogen and oxygen atoms in total. The van der Waals surface area contributed by atoms with Crippen molar-refractivity contribution in [3.05, 3.63) is 70.0 Å². The van der Waals surface area contributed by atoms with Gasteiger partial charge in [-0.2, -0.15) is 0 Å². The summed E-state index contributed by atoms with van der Waals surface area (Å²) < 4.78 is 4.74. The first kappa shape index (κ1) is 32.1. The zero-order chi connectivity index (χ0) is 33.7. The summed E-state index contributed by atoms with van der Waals surface area (Å²) in [5.74, 6) is -0.108. The number of rotatable bonds is 11. The predicted molar refractivity (Wildman–Crippen MR) is 178 cm³/mol. The molecule has 3 atom stereocenters. The molecular weight excluding hydrogens is 634 g/mol. The van der Waals surface area contributed by atoms with E-state index in [2.05, 4.69) is 31.6 Å². The average Bonchev–Trinajstić information content (AvgIpc) is 3.95. The molecule has 1 aromatic heterocycles. The van der Waals surface area contributed by atoms with Crippen LogP contribution in [0, 0.1) is 30.6 Å². The van der Waals surface area contributed by atoms with Crippen molar-refractivity contribution in [2.75, 3.05) is 17.2 Å². The largest absolute Gasteiger partial charge is 0.338 e. The minimum atomic E-state index is -1.18. The van der Waals surface area contributed by atoms with E-state index in [0.29, 0.717) is 46.9 Å². The molecule has 13 heteroatoms. The van der Waals surface area contributed by atoms with E-state index in [1.807, 2.05) is 32.0 Å². The summed E-state index contributed by atoms with van der Waals surface area (Å²) in [4.78, 5) is 56.5. The topological polar surface area (TPSA) is 159 Å². The lowest BCUT2D eigenvalue weighted by molar-refractivity contribution is -0.125. The predicted octanol–water partition coefficient (Wildman–Crippen LogP) is 4.73. The molecule has 3 aromatic rings. The highest BCUT2D eigenvalue weighted by atomic mass is 35.5. The summed E-state index contributed by atoms with van der Waals surface area (Å²) in [7, 11) is 0. The lowest BCUT2D eigenvalue weighted by atomic mass is 9.88. The second kappa shape index (κ2) is 12.5. The molecule has 1 aliphatic heterocycles. The zero-order valence-corrected chi connectivity index (χ0v) is 28.0. The number of fused-ring (bicyclic) bond motifs is 1. The van der Waals surface area contributed by atoms with Crippen molar-refractivity contribution < 1.29 is 23.8 Å². The lowest BCUT2D eigenvalue weighted by Crippen LogP contribution is -2.59. The van der Waals surface area contributed by atoms with Crippen molar-refractivity contribution in [3.63, 3.8) is 0 Å². The first-order valence-corrected chi connectivity index (χ1v) is 17.1. The summed E-state index contributed by atoms with van der Waals surface area (Å²) in [6.07, 6.45) is 4.73. The van der Waals surface area contributed by atoms with Gasteiger partial charge in [0.05, 0.1) is 6.04 Å². The number of halogens is 1. The number of aromatic nitrogens is 2. The number of benzene rings is 2. The van der Waals surface area contributed by atoms with Crippen molar-refractivity contribution in [3.8, 4) is 0 Å². The fraction of sp³-hybridized carbons (Fsp3) is 0.486. The van der Waals surface area contributed by atoms with Crippen LogP contribution in [0.15, 0.2) is 47.1 Å². The fourth-order valence-corrected chi connectivity index (χ4v) is 7.52. The molecule has 4 N–H and O–H groups in total. The van der Waals surface area contributed by atoms with Gasteiger partial charge in [-0.25, -0.2) is 9.42 Å². The molecule has 5 amide bonds. The number of hydrogen-bond donors (Lipinski definition) is 4. The van der Waals surface area contributed by atoms with Crippen LogP contribution in [0.2, 0.25) is 5.02 Å². The van der Waals surface area contributed by atoms with Gasteiger partial charge in [-0.1, -0.05) is 36.7 Å². The van der Waals surface area contributed by atoms with Gasteiger partial charge in [0, 0.05) is 35.8 Å². The number of nitrogens with zero attached hydrogens (tertiary/aromatic N) is 3. The molecule has 1 saturated heterocycles. The van der Waals surface area contributed by atoms with E-state index >= 15 is 0 Å². The van der Waals surface area contributed by atoms with Gasteiger partial charge in [-0.15, -0.1) is 0 Å². The number of carbonyl (C=O) groups excluding carboxylic acids is 4. The van der Waals surface area contributed by atoms with Gasteiger partial charge in [0.1, 0.15) is 17.3 Å². The molecule has 252 valence electrons. The number of aryl methyl sites for hydroxylation is 1. The van der Waals surface area contributed by atoms with Crippen LogP contribution in [0.25, 0.3) is 0 Å². The van der Waals surface area contributed by atoms with Gasteiger partial charge in [0.25, 0.3) is 11.8 Å². The van der Waals surface area contributed by atoms with Gasteiger partial charge in [-0.3, -0.25) is 14.4 Å². The Hall–Kier alpha value is -4.45. The number of amides is 5. The van der Waals surface area contributed by atoms with E-state index in [9.17, 15) is 19.2 Å². The highest BCUT2D eigenvalue weighted by Gasteiger charge is 2.54. The molecular formula is C35H40ClN7O5. The van der Waals surface area contributed by atoms with Crippen LogP contribution in [0.5, 0.6) is 0 Å². The Morgan fingerprint density at radius 3 is 2.23 bits per heavy atom. The number of urea groups is 1. The molecule has 3 aliphatic carbocycles. The van der Waals surface area contributed by atoms with E-state index in [1.165, 1.54) is 0 Å². The molecule has 3 fully saturated rings. The average molecular weight is 674 g/mol. The monoisotopic (exact) mass is 673 g/mol. The highest BCUT2D eigenvalue weighted by Crippen LogP contribution is 2.51. The summed E-state index contributed by atoms with van der Waals surface area (Å²) in [5.41, 5.74) is 2.17. The minimum Gasteiger partial charge on any atom is -0.338 e. The minimum absolute atomic E-state index is 0.0235. The lowest BCUT2D eigenvalue weighted by Gasteiger charge is -2.36. The van der Waals surface area contributed by atoms with Crippen molar-refractivity contribution in [2.45, 2.75) is 76.9 Å². The van der Waals surface area contributed by atoms with Crippen LogP contribution in [-0.4, -0.2) is 63.1 Å². The second-order valence-electron chi connectivity index (χ2n) is 14.1. The maximum atomic E-state index is 14.2. The molecule has 1 unspecified atom stereocenters. The van der Waals surface area contributed by atoms with Gasteiger partial charge in [0.15, 0.2) is 5.69 Å². The Morgan fingerprint density at radius 2 is 1.62 bits per heavy atom. The Kier molecular flexibility index (Phi) is 8.39. The van der Waals surface area contributed by atoms with Crippen molar-refractivity contribution in [1.29, 1.82) is 0 Å². The van der Waals surface area contributed by atoms with Gasteiger partial charge >= 0.3 is 6.03 Å². The first-order chi connectivity index (χ1) is 23.0. The number of nitrogens with one attached hydrogen (secondary N) is 4. The van der Waals surface area contributed by atoms with E-state index in [1.54, 1.807) is 36.1 Å². The van der Waals surface area contributed by atoms with E-state index < -0.39 is 17.5 Å². The normalized spacial score (nSPS) is 22.4. The standard InChI is InChI=1S/C35H40ClN7O5/c1-18(2)27-17-43(34(47)39-27)35(33(46)38-25-12-9-24(36)10-13-25)15-22-8-11-26(14-23(22)16-35)37-32(45)30(28(20-4-5-20)21-6-7-21)40-31(44)29-19(3)41-48-42-29/h8-14,18,20-21,27-28,30H,4-7,15-17H2,1-3H3,(H,37,45)(H,38,46)(H,39,47)(H,40,44)/t27-,30-,35?/m0/s1. The van der Waals surface area contributed by atoms with Crippen LogP contribution in [0.3, 0.4) is 0 Å². The van der Waals surface area contributed by atoms with E-state index in [4.69, 9.17) is 16.2 Å². The third kappa shape index (κ3) is 6.25. The third-order valence-corrected chi connectivity index (χ3v) is 10.6. The van der Waals surface area contributed by atoms with Crippen LogP contribution < -0.4 is 21.3 Å². The third-order valence-electron chi connectivity index (χ3n) is 10.4. The number of carbonyl (C=O) groups is 4. The van der Waals surface area contributed by atoms with Gasteiger partial charge in [0.2, 0.25) is 5.91 Å². The first-order valence-electron chi connectivity index (χ1n) is 16.7. The van der Waals surface area contributed by atoms with Crippen molar-refractivity contribution in [2.24, 2.45) is 23.7 Å². The molecule has 48 heavy (non-hydrogen) atoms. The summed E-state index contributed by atoms with van der Waals surface area (Å²) >= 11 is 6.08. The molecule has 4 aliphatic rings. The van der Waals surface area contributed by atoms with Crippen LogP contribution in [0.1, 0.15) is 66.8 Å². The molecule has 2 heterocycles. The molecule has 7 rings (SSSR count). The Bertz CT molecular complexity index is 1740. The Balaban J connectivity index is 1.14. The van der Waals surface area contributed by atoms with E-state index in [-0.39, 0.29) is 47.8 Å². The molecule has 2 saturated carbocycles. The Labute approximate surface area is 283 Å². The van der Waals surface area contributed by atoms with Crippen LogP contribution >= 0.6 is 11.6 Å². The second-order valence-corrected chi connectivity index (χ2v) is 14.6. The molecule has 0 spiro atoms. The molecule has 0 bridgehead atoms. The number of hydrogen-bond acceptors (Lipinski definition) is 7. The van der Waals surface area contributed by atoms with Gasteiger partial charge < -0.3 is 26.2 Å². The summed E-state index contributed by atoms with van der Waals surface area (Å²) in [6.45, 7) is 6.12. The summed E-state index contributed by atoms with van der Waals surface area (Å²) in [5, 5.41) is 20.1. The maximum Gasteiger partial charge on any atom is 0.318 e. The van der Waals surface area contributed by atoms with Crippen LogP contribution in [0.4, 0.5) is 16.2 Å². The smallest absolute Gasteiger partial charge is 0.318 e. The molecule has 0 radical (unpaired) electrons. The number of anilines is 2. The van der Waals surface area contributed by atoms with Crippen molar-refractivity contribution >= 4 is 46.7 Å². The zero-order valence-electron chi connectivity index (χ0n) is 27.2. The molecule has 2 aromatic carbocycles. The highest BCUT2D eigenvalue weighted by molar-refractivity contribution is 6.30.